The van der Waals surface area contributed by atoms with Crippen molar-refractivity contribution in [2.24, 2.45) is 0 Å². The van der Waals surface area contributed by atoms with Gasteiger partial charge in [0.1, 0.15) is 0 Å². The zero-order valence-electron chi connectivity index (χ0n) is 11.3. The monoisotopic (exact) mass is 287 g/mol. The van der Waals surface area contributed by atoms with Crippen molar-refractivity contribution in [3.8, 4) is 0 Å². The van der Waals surface area contributed by atoms with Crippen LogP contribution in [0.25, 0.3) is 0 Å². The summed E-state index contributed by atoms with van der Waals surface area (Å²) in [6, 6.07) is 16.3. The van der Waals surface area contributed by atoms with Crippen molar-refractivity contribution in [1.29, 1.82) is 0 Å². The van der Waals surface area contributed by atoms with Crippen molar-refractivity contribution in [1.82, 2.24) is 0 Å². The fraction of sp³-hybridized carbons (Fsp3) is 0.250. The number of benzene rings is 2. The number of hydrogen-bond acceptors (Lipinski definition) is 4. The van der Waals surface area contributed by atoms with Crippen molar-refractivity contribution in [2.75, 3.05) is 18.1 Å². The second kappa shape index (κ2) is 5.87. The van der Waals surface area contributed by atoms with Gasteiger partial charge in [-0.1, -0.05) is 36.0 Å². The van der Waals surface area contributed by atoms with E-state index in [-0.39, 0.29) is 0 Å². The Bertz CT molecular complexity index is 557. The number of nitrogens with zero attached hydrogens (tertiary/aromatic N) is 1. The Balaban J connectivity index is 2.03. The molecule has 3 rings (SSSR count). The number of anilines is 2. The Morgan fingerprint density at radius 1 is 1.05 bits per heavy atom. The van der Waals surface area contributed by atoms with E-state index in [1.54, 1.807) is 11.8 Å². The van der Waals surface area contributed by atoms with Crippen LogP contribution in [0.1, 0.15) is 6.92 Å². The van der Waals surface area contributed by atoms with E-state index in [4.69, 9.17) is 4.74 Å². The molecule has 1 heterocycles. The summed E-state index contributed by atoms with van der Waals surface area (Å²) in [7, 11) is 0. The molecule has 2 aromatic rings. The van der Waals surface area contributed by atoms with Crippen LogP contribution in [-0.4, -0.2) is 24.5 Å². The van der Waals surface area contributed by atoms with Gasteiger partial charge in [0.15, 0.2) is 6.23 Å². The van der Waals surface area contributed by atoms with Crippen LogP contribution in [0, 0.1) is 0 Å². The number of aliphatic hydroxyl groups excluding tert-OH is 1. The van der Waals surface area contributed by atoms with E-state index in [1.165, 1.54) is 0 Å². The second-order valence-corrected chi connectivity index (χ2v) is 5.63. The lowest BCUT2D eigenvalue weighted by Gasteiger charge is -2.35. The number of rotatable bonds is 4. The summed E-state index contributed by atoms with van der Waals surface area (Å²) in [5.41, 5.74) is 2.06. The van der Waals surface area contributed by atoms with Crippen molar-refractivity contribution in [3.05, 3.63) is 48.5 Å². The van der Waals surface area contributed by atoms with E-state index in [1.807, 2.05) is 48.2 Å². The Morgan fingerprint density at radius 2 is 1.60 bits per heavy atom. The first-order valence-electron chi connectivity index (χ1n) is 6.72. The standard InChI is InChI=1S/C16H17NO2S/c1-2-19-11-16(18)17-12-7-3-5-9-14(12)20-15-10-6-4-8-13(15)17/h3-10,16,18H,2,11H2,1H3. The summed E-state index contributed by atoms with van der Waals surface area (Å²) in [5.74, 6) is 0. The first-order chi connectivity index (χ1) is 9.81. The molecule has 1 atom stereocenters. The minimum atomic E-state index is -0.682. The quantitative estimate of drug-likeness (QED) is 0.930. The number of ether oxygens (including phenoxy) is 1. The number of fused-ring (bicyclic) bond motifs is 2. The maximum Gasteiger partial charge on any atom is 0.154 e. The number of hydrogen-bond donors (Lipinski definition) is 1. The Labute approximate surface area is 123 Å². The summed E-state index contributed by atoms with van der Waals surface area (Å²) in [6.45, 7) is 2.83. The fourth-order valence-electron chi connectivity index (χ4n) is 2.35. The van der Waals surface area contributed by atoms with Crippen molar-refractivity contribution in [3.63, 3.8) is 0 Å². The molecule has 20 heavy (non-hydrogen) atoms. The maximum absolute atomic E-state index is 10.5. The van der Waals surface area contributed by atoms with Crippen LogP contribution in [0.2, 0.25) is 0 Å². The van der Waals surface area contributed by atoms with Crippen molar-refractivity contribution < 1.29 is 9.84 Å². The van der Waals surface area contributed by atoms with E-state index in [2.05, 4.69) is 12.1 Å². The van der Waals surface area contributed by atoms with Crippen LogP contribution >= 0.6 is 11.8 Å². The zero-order valence-corrected chi connectivity index (χ0v) is 12.1. The number of para-hydroxylation sites is 2. The molecular weight excluding hydrogens is 270 g/mol. The van der Waals surface area contributed by atoms with Gasteiger partial charge >= 0.3 is 0 Å². The van der Waals surface area contributed by atoms with Gasteiger partial charge < -0.3 is 14.7 Å². The van der Waals surface area contributed by atoms with E-state index in [0.29, 0.717) is 13.2 Å². The molecule has 1 aliphatic rings. The Hall–Kier alpha value is -1.49. The maximum atomic E-state index is 10.5. The van der Waals surface area contributed by atoms with E-state index in [0.717, 1.165) is 21.2 Å². The summed E-state index contributed by atoms with van der Waals surface area (Å²) in [4.78, 5) is 4.26. The van der Waals surface area contributed by atoms with Gasteiger partial charge in [0.2, 0.25) is 0 Å². The lowest BCUT2D eigenvalue weighted by molar-refractivity contribution is 0.0458. The molecule has 104 valence electrons. The Kier molecular flexibility index (Phi) is 3.96. The highest BCUT2D eigenvalue weighted by Crippen LogP contribution is 2.48. The molecule has 1 N–H and O–H groups in total. The van der Waals surface area contributed by atoms with Crippen molar-refractivity contribution in [2.45, 2.75) is 22.9 Å². The molecule has 0 amide bonds. The largest absolute Gasteiger partial charge is 0.377 e. The molecule has 0 aromatic heterocycles. The minimum absolute atomic E-state index is 0.295. The molecule has 4 heteroatoms. The van der Waals surface area contributed by atoms with E-state index < -0.39 is 6.23 Å². The summed E-state index contributed by atoms with van der Waals surface area (Å²) < 4.78 is 5.38. The van der Waals surface area contributed by atoms with Gasteiger partial charge in [0.05, 0.1) is 18.0 Å². The van der Waals surface area contributed by atoms with Gasteiger partial charge in [0.25, 0.3) is 0 Å². The predicted molar refractivity (Wildman–Crippen MR) is 81.6 cm³/mol. The molecule has 0 saturated carbocycles. The SMILES string of the molecule is CCOCC(O)N1c2ccccc2Sc2ccccc21. The summed E-state index contributed by atoms with van der Waals surface area (Å²) in [5, 5.41) is 10.5. The Morgan fingerprint density at radius 3 is 2.15 bits per heavy atom. The van der Waals surface area contributed by atoms with Crippen LogP contribution in [0.5, 0.6) is 0 Å². The summed E-state index contributed by atoms with van der Waals surface area (Å²) in [6.07, 6.45) is -0.682. The molecule has 0 aliphatic carbocycles. The molecule has 0 radical (unpaired) electrons. The average Bonchev–Trinajstić information content (AvgIpc) is 2.50. The first-order valence-corrected chi connectivity index (χ1v) is 7.54. The topological polar surface area (TPSA) is 32.7 Å². The molecule has 0 saturated heterocycles. The van der Waals surface area contributed by atoms with Crippen LogP contribution < -0.4 is 4.90 Å². The van der Waals surface area contributed by atoms with Crippen LogP contribution in [0.4, 0.5) is 11.4 Å². The molecule has 0 spiro atoms. The molecule has 0 fully saturated rings. The van der Waals surface area contributed by atoms with Gasteiger partial charge in [-0.15, -0.1) is 0 Å². The van der Waals surface area contributed by atoms with Crippen LogP contribution in [-0.2, 0) is 4.74 Å². The van der Waals surface area contributed by atoms with Crippen LogP contribution in [0.15, 0.2) is 58.3 Å². The van der Waals surface area contributed by atoms with Gasteiger partial charge in [-0.2, -0.15) is 0 Å². The predicted octanol–water partition coefficient (Wildman–Crippen LogP) is 3.64. The summed E-state index contributed by atoms with van der Waals surface area (Å²) >= 11 is 1.73. The highest BCUT2D eigenvalue weighted by atomic mass is 32.2. The third-order valence-electron chi connectivity index (χ3n) is 3.24. The highest BCUT2D eigenvalue weighted by molar-refractivity contribution is 7.99. The molecule has 1 aliphatic heterocycles. The second-order valence-electron chi connectivity index (χ2n) is 4.55. The molecule has 1 unspecified atom stereocenters. The minimum Gasteiger partial charge on any atom is -0.377 e. The average molecular weight is 287 g/mol. The molecular formula is C16H17NO2S. The van der Waals surface area contributed by atoms with Crippen LogP contribution in [0.3, 0.4) is 0 Å². The highest BCUT2D eigenvalue weighted by Gasteiger charge is 2.27. The van der Waals surface area contributed by atoms with Gasteiger partial charge in [-0.3, -0.25) is 0 Å². The molecule has 0 bridgehead atoms. The van der Waals surface area contributed by atoms with Crippen molar-refractivity contribution >= 4 is 23.1 Å². The zero-order chi connectivity index (χ0) is 13.9. The normalized spacial score (nSPS) is 14.6. The molecule has 3 nitrogen and oxygen atoms in total. The smallest absolute Gasteiger partial charge is 0.154 e. The molecule has 2 aromatic carbocycles. The third-order valence-corrected chi connectivity index (χ3v) is 4.37. The van der Waals surface area contributed by atoms with E-state index in [9.17, 15) is 5.11 Å². The van der Waals surface area contributed by atoms with Gasteiger partial charge in [0, 0.05) is 16.4 Å². The van der Waals surface area contributed by atoms with Gasteiger partial charge in [-0.05, 0) is 31.2 Å². The van der Waals surface area contributed by atoms with Gasteiger partial charge in [-0.25, -0.2) is 0 Å². The lowest BCUT2D eigenvalue weighted by atomic mass is 10.2. The van der Waals surface area contributed by atoms with E-state index >= 15 is 0 Å². The third kappa shape index (κ3) is 2.42. The first kappa shape index (κ1) is 13.5. The lowest BCUT2D eigenvalue weighted by Crippen LogP contribution is -2.36. The fourth-order valence-corrected chi connectivity index (χ4v) is 3.42. The number of aliphatic hydroxyl groups is 1.